The number of halogens is 2. The Labute approximate surface area is 121 Å². The summed E-state index contributed by atoms with van der Waals surface area (Å²) < 4.78 is 31.5. The van der Waals surface area contributed by atoms with Crippen molar-refractivity contribution in [2.24, 2.45) is 0 Å². The minimum absolute atomic E-state index is 0.0568. The second-order valence-corrected chi connectivity index (χ2v) is 5.10. The van der Waals surface area contributed by atoms with Crippen LogP contribution >= 0.6 is 0 Å². The molecule has 0 unspecified atom stereocenters. The number of benzene rings is 1. The molecule has 0 fully saturated rings. The van der Waals surface area contributed by atoms with Crippen molar-refractivity contribution in [3.8, 4) is 11.8 Å². The van der Waals surface area contributed by atoms with E-state index in [1.807, 2.05) is 0 Å². The van der Waals surface area contributed by atoms with E-state index in [-0.39, 0.29) is 17.7 Å². The van der Waals surface area contributed by atoms with E-state index in [0.717, 1.165) is 12.1 Å². The van der Waals surface area contributed by atoms with Gasteiger partial charge in [-0.05, 0) is 32.9 Å². The molecule has 0 heterocycles. The lowest BCUT2D eigenvalue weighted by Crippen LogP contribution is -2.32. The van der Waals surface area contributed by atoms with Crippen LogP contribution in [-0.4, -0.2) is 24.5 Å². The fourth-order valence-electron chi connectivity index (χ4n) is 1.35. The summed E-state index contributed by atoms with van der Waals surface area (Å²) in [5.74, 6) is 2.48. The number of hydrogen-bond donors (Lipinski definition) is 1. The zero-order valence-electron chi connectivity index (χ0n) is 11.9. The average molecular weight is 295 g/mol. The van der Waals surface area contributed by atoms with Crippen molar-refractivity contribution in [3.63, 3.8) is 0 Å². The standard InChI is InChI=1S/C15H15F2NO3/c1-15(2,3)21-14(20)18-8-4-5-11-10(9-19)6-7-12(16)13(11)17/h6-7,9H,8H2,1-3H3,(H,18,20). The Morgan fingerprint density at radius 2 is 2.05 bits per heavy atom. The fraction of sp³-hybridized carbons (Fsp3) is 0.333. The van der Waals surface area contributed by atoms with Crippen LogP contribution < -0.4 is 5.32 Å². The van der Waals surface area contributed by atoms with Crippen LogP contribution in [0.1, 0.15) is 36.7 Å². The van der Waals surface area contributed by atoms with Gasteiger partial charge < -0.3 is 10.1 Å². The monoisotopic (exact) mass is 295 g/mol. The topological polar surface area (TPSA) is 55.4 Å². The van der Waals surface area contributed by atoms with Gasteiger partial charge in [-0.15, -0.1) is 0 Å². The Balaban J connectivity index is 2.74. The van der Waals surface area contributed by atoms with Crippen LogP contribution in [0.2, 0.25) is 0 Å². The molecule has 21 heavy (non-hydrogen) atoms. The number of ether oxygens (including phenoxy) is 1. The van der Waals surface area contributed by atoms with Gasteiger partial charge in [-0.25, -0.2) is 13.6 Å². The summed E-state index contributed by atoms with van der Waals surface area (Å²) in [5.41, 5.74) is -1.04. The summed E-state index contributed by atoms with van der Waals surface area (Å²) in [6.45, 7) is 4.99. The molecular weight excluding hydrogens is 280 g/mol. The summed E-state index contributed by atoms with van der Waals surface area (Å²) in [6.07, 6.45) is -0.291. The molecule has 0 aromatic heterocycles. The molecule has 0 atom stereocenters. The normalized spacial score (nSPS) is 10.3. The van der Waals surface area contributed by atoms with E-state index >= 15 is 0 Å². The first-order chi connectivity index (χ1) is 9.74. The van der Waals surface area contributed by atoms with Gasteiger partial charge in [0, 0.05) is 5.56 Å². The zero-order valence-corrected chi connectivity index (χ0v) is 11.9. The van der Waals surface area contributed by atoms with Crippen LogP contribution in [0.4, 0.5) is 13.6 Å². The number of nitrogens with one attached hydrogen (secondary N) is 1. The van der Waals surface area contributed by atoms with E-state index in [1.54, 1.807) is 20.8 Å². The Morgan fingerprint density at radius 1 is 1.38 bits per heavy atom. The Hall–Kier alpha value is -2.42. The Kier molecular flexibility index (Phi) is 5.42. The van der Waals surface area contributed by atoms with Gasteiger partial charge in [0.25, 0.3) is 0 Å². The van der Waals surface area contributed by atoms with Crippen molar-refractivity contribution in [3.05, 3.63) is 34.9 Å². The molecule has 0 saturated carbocycles. The highest BCUT2D eigenvalue weighted by Crippen LogP contribution is 2.14. The highest BCUT2D eigenvalue weighted by molar-refractivity contribution is 5.79. The van der Waals surface area contributed by atoms with E-state index in [9.17, 15) is 18.4 Å². The highest BCUT2D eigenvalue weighted by atomic mass is 19.2. The molecule has 1 aromatic rings. The number of carbonyl (C=O) groups excluding carboxylic acids is 2. The zero-order chi connectivity index (χ0) is 16.0. The van der Waals surface area contributed by atoms with Gasteiger partial charge in [0.2, 0.25) is 0 Å². The second-order valence-electron chi connectivity index (χ2n) is 5.10. The molecule has 1 aromatic carbocycles. The minimum Gasteiger partial charge on any atom is -0.444 e. The molecule has 1 amide bonds. The van der Waals surface area contributed by atoms with Crippen LogP contribution in [0.25, 0.3) is 0 Å². The van der Waals surface area contributed by atoms with Gasteiger partial charge in [-0.2, -0.15) is 0 Å². The number of alkyl carbamates (subject to hydrolysis) is 1. The highest BCUT2D eigenvalue weighted by Gasteiger charge is 2.15. The summed E-state index contributed by atoms with van der Waals surface area (Å²) in [6, 6.07) is 1.99. The van der Waals surface area contributed by atoms with Crippen LogP contribution in [0.5, 0.6) is 0 Å². The quantitative estimate of drug-likeness (QED) is 0.674. The summed E-state index contributed by atoms with van der Waals surface area (Å²) in [5, 5.41) is 2.34. The molecule has 4 nitrogen and oxygen atoms in total. The van der Waals surface area contributed by atoms with Crippen molar-refractivity contribution in [1.29, 1.82) is 0 Å². The molecule has 0 aliphatic heterocycles. The first kappa shape index (κ1) is 16.6. The molecule has 0 saturated heterocycles. The number of hydrogen-bond acceptors (Lipinski definition) is 3. The van der Waals surface area contributed by atoms with Crippen LogP contribution in [0, 0.1) is 23.5 Å². The first-order valence-electron chi connectivity index (χ1n) is 6.13. The predicted octanol–water partition coefficient (Wildman–Crippen LogP) is 2.65. The third-order valence-corrected chi connectivity index (χ3v) is 2.19. The average Bonchev–Trinajstić information content (AvgIpc) is 2.37. The number of carbonyl (C=O) groups is 2. The van der Waals surface area contributed by atoms with Crippen molar-refractivity contribution < 1.29 is 23.1 Å². The molecular formula is C15H15F2NO3. The SMILES string of the molecule is CC(C)(C)OC(=O)NCC#Cc1c(C=O)ccc(F)c1F. The van der Waals surface area contributed by atoms with Gasteiger partial charge in [0.15, 0.2) is 17.9 Å². The van der Waals surface area contributed by atoms with Crippen molar-refractivity contribution in [1.82, 2.24) is 5.32 Å². The van der Waals surface area contributed by atoms with Crippen LogP contribution in [0.3, 0.4) is 0 Å². The second kappa shape index (κ2) is 6.84. The Morgan fingerprint density at radius 3 is 2.62 bits per heavy atom. The summed E-state index contributed by atoms with van der Waals surface area (Å²) in [7, 11) is 0. The molecule has 0 bridgehead atoms. The molecule has 1 rings (SSSR count). The van der Waals surface area contributed by atoms with Gasteiger partial charge in [-0.3, -0.25) is 4.79 Å². The number of rotatable bonds is 2. The smallest absolute Gasteiger partial charge is 0.408 e. The maximum atomic E-state index is 13.5. The van der Waals surface area contributed by atoms with Crippen molar-refractivity contribution >= 4 is 12.4 Å². The molecule has 1 N–H and O–H groups in total. The summed E-state index contributed by atoms with van der Waals surface area (Å²) >= 11 is 0. The van der Waals surface area contributed by atoms with Gasteiger partial charge in [-0.1, -0.05) is 11.8 Å². The van der Waals surface area contributed by atoms with Crippen molar-refractivity contribution in [2.45, 2.75) is 26.4 Å². The maximum absolute atomic E-state index is 13.5. The largest absolute Gasteiger partial charge is 0.444 e. The molecule has 0 spiro atoms. The molecule has 0 aliphatic rings. The van der Waals surface area contributed by atoms with Crippen molar-refractivity contribution in [2.75, 3.05) is 6.54 Å². The number of aldehydes is 1. The number of amides is 1. The van der Waals surface area contributed by atoms with E-state index in [2.05, 4.69) is 17.2 Å². The third kappa shape index (κ3) is 5.22. The molecule has 6 heteroatoms. The van der Waals surface area contributed by atoms with Crippen LogP contribution in [0.15, 0.2) is 12.1 Å². The predicted molar refractivity (Wildman–Crippen MR) is 72.9 cm³/mol. The van der Waals surface area contributed by atoms with E-state index < -0.39 is 23.3 Å². The van der Waals surface area contributed by atoms with Gasteiger partial charge in [0.1, 0.15) is 5.60 Å². The van der Waals surface area contributed by atoms with E-state index in [0.29, 0.717) is 6.29 Å². The van der Waals surface area contributed by atoms with Gasteiger partial charge >= 0.3 is 6.09 Å². The molecule has 0 aliphatic carbocycles. The Bertz CT molecular complexity index is 610. The van der Waals surface area contributed by atoms with E-state index in [4.69, 9.17) is 4.74 Å². The minimum atomic E-state index is -1.19. The van der Waals surface area contributed by atoms with Crippen LogP contribution in [-0.2, 0) is 4.74 Å². The third-order valence-electron chi connectivity index (χ3n) is 2.19. The van der Waals surface area contributed by atoms with Gasteiger partial charge in [0.05, 0.1) is 12.1 Å². The van der Waals surface area contributed by atoms with E-state index in [1.165, 1.54) is 0 Å². The lowest BCUT2D eigenvalue weighted by Gasteiger charge is -2.19. The maximum Gasteiger partial charge on any atom is 0.408 e. The summed E-state index contributed by atoms with van der Waals surface area (Å²) in [4.78, 5) is 22.1. The first-order valence-corrected chi connectivity index (χ1v) is 6.13. The molecule has 112 valence electrons. The lowest BCUT2D eigenvalue weighted by molar-refractivity contribution is 0.0535. The molecule has 0 radical (unpaired) electrons. The fourth-order valence-corrected chi connectivity index (χ4v) is 1.35. The lowest BCUT2D eigenvalue weighted by atomic mass is 10.1.